The van der Waals surface area contributed by atoms with Crippen molar-refractivity contribution in [2.75, 3.05) is 19.8 Å². The van der Waals surface area contributed by atoms with E-state index in [0.717, 1.165) is 5.56 Å². The van der Waals surface area contributed by atoms with Crippen LogP contribution in [0.3, 0.4) is 0 Å². The summed E-state index contributed by atoms with van der Waals surface area (Å²) >= 11 is 0. The zero-order valence-electron chi connectivity index (χ0n) is 10.5. The molecule has 2 rings (SSSR count). The molecule has 1 aromatic carbocycles. The summed E-state index contributed by atoms with van der Waals surface area (Å²) in [6.45, 7) is 3.29. The number of ether oxygens (including phenoxy) is 2. The van der Waals surface area contributed by atoms with Crippen LogP contribution in [-0.2, 0) is 19.7 Å². The lowest BCUT2D eigenvalue weighted by Gasteiger charge is -2.35. The summed E-state index contributed by atoms with van der Waals surface area (Å²) < 4.78 is 10.6. The highest BCUT2D eigenvalue weighted by molar-refractivity contribution is 5.83. The quantitative estimate of drug-likeness (QED) is 0.834. The maximum Gasteiger partial charge on any atom is 0.316 e. The van der Waals surface area contributed by atoms with Crippen molar-refractivity contribution in [3.63, 3.8) is 0 Å². The summed E-state index contributed by atoms with van der Waals surface area (Å²) in [4.78, 5) is 12.3. The van der Waals surface area contributed by atoms with Crippen molar-refractivity contribution >= 4 is 5.97 Å². The minimum atomic E-state index is -0.623. The number of carbonyl (C=O) groups excluding carboxylic acids is 1. The normalized spacial score (nSPS) is 18.3. The van der Waals surface area contributed by atoms with Crippen LogP contribution in [0.15, 0.2) is 24.3 Å². The van der Waals surface area contributed by atoms with Crippen LogP contribution in [0.5, 0.6) is 5.75 Å². The second kappa shape index (κ2) is 5.40. The number of aromatic hydroxyl groups is 1. The Morgan fingerprint density at radius 1 is 1.33 bits per heavy atom. The van der Waals surface area contributed by atoms with Crippen LogP contribution in [0.2, 0.25) is 0 Å². The monoisotopic (exact) mass is 250 g/mol. The van der Waals surface area contributed by atoms with Crippen molar-refractivity contribution in [2.45, 2.75) is 25.2 Å². The Morgan fingerprint density at radius 2 is 1.94 bits per heavy atom. The maximum absolute atomic E-state index is 12.3. The minimum absolute atomic E-state index is 0.195. The molecule has 0 saturated carbocycles. The van der Waals surface area contributed by atoms with Gasteiger partial charge in [0.05, 0.1) is 12.0 Å². The topological polar surface area (TPSA) is 55.8 Å². The van der Waals surface area contributed by atoms with Crippen molar-refractivity contribution in [3.8, 4) is 5.75 Å². The first kappa shape index (κ1) is 12.9. The predicted molar refractivity (Wildman–Crippen MR) is 66.5 cm³/mol. The van der Waals surface area contributed by atoms with Gasteiger partial charge in [-0.2, -0.15) is 0 Å². The van der Waals surface area contributed by atoms with Crippen LogP contribution in [0.25, 0.3) is 0 Å². The zero-order chi connectivity index (χ0) is 13.0. The lowest BCUT2D eigenvalue weighted by molar-refractivity contribution is -0.154. The second-order valence-electron chi connectivity index (χ2n) is 4.46. The van der Waals surface area contributed by atoms with E-state index >= 15 is 0 Å². The molecular formula is C14H18O4. The summed E-state index contributed by atoms with van der Waals surface area (Å²) in [6, 6.07) is 6.78. The SMILES string of the molecule is CCOC(=O)C1(c2ccc(O)cc2)CCOCC1. The average Bonchev–Trinajstić information content (AvgIpc) is 2.40. The summed E-state index contributed by atoms with van der Waals surface area (Å²) in [7, 11) is 0. The molecule has 1 fully saturated rings. The van der Waals surface area contributed by atoms with E-state index < -0.39 is 5.41 Å². The first-order valence-corrected chi connectivity index (χ1v) is 6.23. The molecule has 0 spiro atoms. The van der Waals surface area contributed by atoms with Gasteiger partial charge in [-0.25, -0.2) is 0 Å². The molecule has 0 amide bonds. The van der Waals surface area contributed by atoms with Gasteiger partial charge in [-0.05, 0) is 37.5 Å². The first-order chi connectivity index (χ1) is 8.69. The zero-order valence-corrected chi connectivity index (χ0v) is 10.5. The van der Waals surface area contributed by atoms with E-state index in [1.807, 2.05) is 6.92 Å². The first-order valence-electron chi connectivity index (χ1n) is 6.23. The molecular weight excluding hydrogens is 232 g/mol. The Morgan fingerprint density at radius 3 is 2.50 bits per heavy atom. The molecule has 4 heteroatoms. The van der Waals surface area contributed by atoms with E-state index in [1.54, 1.807) is 24.3 Å². The Balaban J connectivity index is 2.34. The lowest BCUT2D eigenvalue weighted by atomic mass is 9.74. The number of hydrogen-bond acceptors (Lipinski definition) is 4. The average molecular weight is 250 g/mol. The standard InChI is InChI=1S/C14H18O4/c1-2-18-13(16)14(7-9-17-10-8-14)11-3-5-12(15)6-4-11/h3-6,15H,2,7-10H2,1H3. The van der Waals surface area contributed by atoms with Gasteiger partial charge in [-0.3, -0.25) is 4.79 Å². The van der Waals surface area contributed by atoms with Crippen molar-refractivity contribution in [2.24, 2.45) is 0 Å². The third-order valence-electron chi connectivity index (χ3n) is 3.43. The smallest absolute Gasteiger partial charge is 0.316 e. The highest BCUT2D eigenvalue weighted by atomic mass is 16.5. The maximum atomic E-state index is 12.3. The van der Waals surface area contributed by atoms with Crippen LogP contribution in [0, 0.1) is 0 Å². The Bertz CT molecular complexity index is 404. The van der Waals surface area contributed by atoms with Gasteiger partial charge in [0.1, 0.15) is 5.75 Å². The highest BCUT2D eigenvalue weighted by Gasteiger charge is 2.43. The van der Waals surface area contributed by atoms with Crippen LogP contribution < -0.4 is 0 Å². The summed E-state index contributed by atoms with van der Waals surface area (Å²) in [6.07, 6.45) is 1.24. The van der Waals surface area contributed by atoms with E-state index in [9.17, 15) is 9.90 Å². The van der Waals surface area contributed by atoms with Gasteiger partial charge in [-0.1, -0.05) is 12.1 Å². The van der Waals surface area contributed by atoms with Gasteiger partial charge in [-0.15, -0.1) is 0 Å². The molecule has 0 radical (unpaired) electrons. The number of hydrogen-bond donors (Lipinski definition) is 1. The molecule has 1 N–H and O–H groups in total. The molecule has 1 aromatic rings. The molecule has 0 bridgehead atoms. The Hall–Kier alpha value is -1.55. The van der Waals surface area contributed by atoms with Crippen LogP contribution >= 0.6 is 0 Å². The molecule has 0 unspecified atom stereocenters. The van der Waals surface area contributed by atoms with E-state index in [1.165, 1.54) is 0 Å². The van der Waals surface area contributed by atoms with Crippen molar-refractivity contribution < 1.29 is 19.4 Å². The van der Waals surface area contributed by atoms with Crippen molar-refractivity contribution in [3.05, 3.63) is 29.8 Å². The van der Waals surface area contributed by atoms with Crippen molar-refractivity contribution in [1.82, 2.24) is 0 Å². The number of benzene rings is 1. The van der Waals surface area contributed by atoms with Crippen molar-refractivity contribution in [1.29, 1.82) is 0 Å². The molecule has 1 heterocycles. The molecule has 0 aliphatic carbocycles. The Kier molecular flexibility index (Phi) is 3.87. The third-order valence-corrected chi connectivity index (χ3v) is 3.43. The predicted octanol–water partition coefficient (Wildman–Crippen LogP) is 2.00. The molecule has 0 aromatic heterocycles. The molecule has 4 nitrogen and oxygen atoms in total. The van der Waals surface area contributed by atoms with Crippen LogP contribution in [0.4, 0.5) is 0 Å². The molecule has 1 aliphatic heterocycles. The van der Waals surface area contributed by atoms with Crippen LogP contribution in [0.1, 0.15) is 25.3 Å². The fraction of sp³-hybridized carbons (Fsp3) is 0.500. The summed E-state index contributed by atoms with van der Waals surface area (Å²) in [5, 5.41) is 9.34. The van der Waals surface area contributed by atoms with Gasteiger partial charge >= 0.3 is 5.97 Å². The van der Waals surface area contributed by atoms with Gasteiger partial charge in [0.15, 0.2) is 0 Å². The molecule has 0 atom stereocenters. The number of carbonyl (C=O) groups is 1. The molecule has 1 saturated heterocycles. The van der Waals surface area contributed by atoms with E-state index in [-0.39, 0.29) is 11.7 Å². The fourth-order valence-electron chi connectivity index (χ4n) is 2.38. The Labute approximate surface area is 107 Å². The molecule has 1 aliphatic rings. The van der Waals surface area contributed by atoms with Gasteiger partial charge < -0.3 is 14.6 Å². The van der Waals surface area contributed by atoms with Gasteiger partial charge in [0.2, 0.25) is 0 Å². The minimum Gasteiger partial charge on any atom is -0.508 e. The molecule has 98 valence electrons. The lowest BCUT2D eigenvalue weighted by Crippen LogP contribution is -2.42. The number of phenolic OH excluding ortho intramolecular Hbond substituents is 1. The highest BCUT2D eigenvalue weighted by Crippen LogP contribution is 2.36. The van der Waals surface area contributed by atoms with Gasteiger partial charge in [0, 0.05) is 13.2 Å². The summed E-state index contributed by atoms with van der Waals surface area (Å²) in [5.74, 6) is 0.00353. The fourth-order valence-corrected chi connectivity index (χ4v) is 2.38. The second-order valence-corrected chi connectivity index (χ2v) is 4.46. The summed E-state index contributed by atoms with van der Waals surface area (Å²) in [5.41, 5.74) is 0.268. The van der Waals surface area contributed by atoms with Gasteiger partial charge in [0.25, 0.3) is 0 Å². The number of esters is 1. The van der Waals surface area contributed by atoms with E-state index in [2.05, 4.69) is 0 Å². The number of rotatable bonds is 3. The van der Waals surface area contributed by atoms with E-state index in [0.29, 0.717) is 32.7 Å². The number of phenols is 1. The van der Waals surface area contributed by atoms with Crippen LogP contribution in [-0.4, -0.2) is 30.9 Å². The van der Waals surface area contributed by atoms with E-state index in [4.69, 9.17) is 9.47 Å². The largest absolute Gasteiger partial charge is 0.508 e. The third kappa shape index (κ3) is 2.34. The molecule has 18 heavy (non-hydrogen) atoms.